The molecule has 6 rings (SSSR count). The second-order valence-electron chi connectivity index (χ2n) is 9.89. The molecule has 0 unspecified atom stereocenters. The molecule has 1 aromatic carbocycles. The number of nitrogens with zero attached hydrogens (tertiary/aromatic N) is 3. The van der Waals surface area contributed by atoms with Crippen molar-refractivity contribution in [3.8, 4) is 11.5 Å². The van der Waals surface area contributed by atoms with Crippen LogP contribution in [-0.4, -0.2) is 53.0 Å². The van der Waals surface area contributed by atoms with Crippen LogP contribution < -0.4 is 9.47 Å². The SMILES string of the molecule is Cc1cc2c(c3c1C(=O)C(=Cc1cccnc1)O3)CN(C[C@H]1CCCN3CCCC[C@H]13)CO2. The minimum Gasteiger partial charge on any atom is -0.478 e. The smallest absolute Gasteiger partial charge is 0.232 e. The van der Waals surface area contributed by atoms with Gasteiger partial charge >= 0.3 is 0 Å². The minimum atomic E-state index is -0.0589. The fourth-order valence-electron chi connectivity index (χ4n) is 6.13. The summed E-state index contributed by atoms with van der Waals surface area (Å²) in [5, 5.41) is 0. The number of benzene rings is 1. The lowest BCUT2D eigenvalue weighted by atomic mass is 9.83. The van der Waals surface area contributed by atoms with Gasteiger partial charge in [-0.1, -0.05) is 12.5 Å². The quantitative estimate of drug-likeness (QED) is 0.652. The van der Waals surface area contributed by atoms with Crippen LogP contribution in [0.15, 0.2) is 36.4 Å². The Bertz CT molecular complexity index is 1100. The molecule has 6 nitrogen and oxygen atoms in total. The number of ketones is 1. The lowest BCUT2D eigenvalue weighted by molar-refractivity contribution is 0.0141. The van der Waals surface area contributed by atoms with Gasteiger partial charge in [0.25, 0.3) is 0 Å². The van der Waals surface area contributed by atoms with E-state index in [9.17, 15) is 4.79 Å². The van der Waals surface area contributed by atoms with Gasteiger partial charge in [0.1, 0.15) is 18.2 Å². The maximum absolute atomic E-state index is 13.2. The molecule has 0 N–H and O–H groups in total. The lowest BCUT2D eigenvalue weighted by Crippen LogP contribution is -2.51. The zero-order valence-electron chi connectivity index (χ0n) is 19.3. The first-order valence-corrected chi connectivity index (χ1v) is 12.3. The van der Waals surface area contributed by atoms with Crippen LogP contribution in [0.2, 0.25) is 0 Å². The molecule has 2 aromatic rings. The molecule has 0 aliphatic carbocycles. The van der Waals surface area contributed by atoms with E-state index in [2.05, 4.69) is 14.8 Å². The molecule has 1 aromatic heterocycles. The maximum atomic E-state index is 13.2. The average molecular weight is 446 g/mol. The zero-order valence-corrected chi connectivity index (χ0v) is 19.3. The van der Waals surface area contributed by atoms with E-state index in [4.69, 9.17) is 9.47 Å². The highest BCUT2D eigenvalue weighted by Crippen LogP contribution is 2.44. The van der Waals surface area contributed by atoms with E-state index in [0.29, 0.717) is 35.8 Å². The van der Waals surface area contributed by atoms with Crippen LogP contribution in [0, 0.1) is 12.8 Å². The van der Waals surface area contributed by atoms with Crippen molar-refractivity contribution in [2.75, 3.05) is 26.4 Å². The van der Waals surface area contributed by atoms with Gasteiger partial charge in [-0.3, -0.25) is 14.7 Å². The Labute approximate surface area is 195 Å². The zero-order chi connectivity index (χ0) is 22.4. The van der Waals surface area contributed by atoms with E-state index in [0.717, 1.165) is 35.5 Å². The Morgan fingerprint density at radius 2 is 2.12 bits per heavy atom. The van der Waals surface area contributed by atoms with Crippen molar-refractivity contribution in [2.24, 2.45) is 5.92 Å². The summed E-state index contributed by atoms with van der Waals surface area (Å²) in [6.45, 7) is 6.87. The van der Waals surface area contributed by atoms with Crippen molar-refractivity contribution in [1.82, 2.24) is 14.8 Å². The first kappa shape index (κ1) is 20.9. The van der Waals surface area contributed by atoms with E-state index in [-0.39, 0.29) is 5.78 Å². The number of carbonyl (C=O) groups excluding carboxylic acids is 1. The molecule has 5 heterocycles. The fraction of sp³-hybridized carbons (Fsp3) is 0.481. The summed E-state index contributed by atoms with van der Waals surface area (Å²) in [5.74, 6) is 2.51. The van der Waals surface area contributed by atoms with Crippen LogP contribution in [0.4, 0.5) is 0 Å². The van der Waals surface area contributed by atoms with Gasteiger partial charge in [0.2, 0.25) is 5.78 Å². The van der Waals surface area contributed by atoms with Crippen molar-refractivity contribution in [3.05, 3.63) is 58.6 Å². The van der Waals surface area contributed by atoms with Crippen molar-refractivity contribution in [2.45, 2.75) is 51.6 Å². The molecular weight excluding hydrogens is 414 g/mol. The number of pyridine rings is 1. The Hall–Kier alpha value is -2.70. The molecule has 2 saturated heterocycles. The summed E-state index contributed by atoms with van der Waals surface area (Å²) in [6, 6.07) is 6.50. The number of rotatable bonds is 3. The third kappa shape index (κ3) is 3.85. The van der Waals surface area contributed by atoms with Crippen LogP contribution >= 0.6 is 0 Å². The normalized spacial score (nSPS) is 26.3. The number of ether oxygens (including phenoxy) is 2. The predicted molar refractivity (Wildman–Crippen MR) is 126 cm³/mol. The summed E-state index contributed by atoms with van der Waals surface area (Å²) >= 11 is 0. The standard InChI is InChI=1S/C27H31N3O3/c1-18-12-23-21(27-25(18)26(31)24(33-27)13-19-6-4-9-28-14-19)16-29(17-32-23)15-20-7-5-11-30-10-3-2-8-22(20)30/h4,6,9,12-14,20,22H,2-3,5,7-8,10-11,15-17H2,1H3/t20-,22-/m1/s1. The molecule has 0 amide bonds. The van der Waals surface area contributed by atoms with Crippen molar-refractivity contribution < 1.29 is 14.3 Å². The van der Waals surface area contributed by atoms with Gasteiger partial charge in [-0.05, 0) is 81.0 Å². The molecular formula is C27H31N3O3. The number of aryl methyl sites for hydroxylation is 1. The van der Waals surface area contributed by atoms with Gasteiger partial charge < -0.3 is 14.4 Å². The largest absolute Gasteiger partial charge is 0.478 e. The molecule has 4 aliphatic heterocycles. The van der Waals surface area contributed by atoms with E-state index in [1.807, 2.05) is 25.1 Å². The Morgan fingerprint density at radius 1 is 1.21 bits per heavy atom. The van der Waals surface area contributed by atoms with Gasteiger partial charge in [-0.25, -0.2) is 0 Å². The number of hydrogen-bond acceptors (Lipinski definition) is 6. The summed E-state index contributed by atoms with van der Waals surface area (Å²) in [5.41, 5.74) is 3.43. The molecule has 0 radical (unpaired) electrons. The van der Waals surface area contributed by atoms with E-state index >= 15 is 0 Å². The Kier molecular flexibility index (Phi) is 5.43. The van der Waals surface area contributed by atoms with Crippen LogP contribution in [0.5, 0.6) is 11.5 Å². The van der Waals surface area contributed by atoms with Gasteiger partial charge in [0.05, 0.1) is 11.1 Å². The van der Waals surface area contributed by atoms with Crippen molar-refractivity contribution in [1.29, 1.82) is 0 Å². The molecule has 172 valence electrons. The highest BCUT2D eigenvalue weighted by atomic mass is 16.5. The number of piperidine rings is 2. The highest BCUT2D eigenvalue weighted by molar-refractivity contribution is 6.15. The van der Waals surface area contributed by atoms with Crippen molar-refractivity contribution >= 4 is 11.9 Å². The third-order valence-electron chi connectivity index (χ3n) is 7.69. The second kappa shape index (κ2) is 8.58. The van der Waals surface area contributed by atoms with Crippen LogP contribution in [0.1, 0.15) is 59.2 Å². The van der Waals surface area contributed by atoms with Crippen LogP contribution in [-0.2, 0) is 6.54 Å². The fourth-order valence-corrected chi connectivity index (χ4v) is 6.13. The van der Waals surface area contributed by atoms with E-state index in [1.165, 1.54) is 45.2 Å². The molecule has 33 heavy (non-hydrogen) atoms. The van der Waals surface area contributed by atoms with Gasteiger partial charge in [0.15, 0.2) is 5.76 Å². The minimum absolute atomic E-state index is 0.0589. The Balaban J connectivity index is 1.25. The molecule has 4 aliphatic rings. The molecule has 0 bridgehead atoms. The van der Waals surface area contributed by atoms with Gasteiger partial charge in [-0.15, -0.1) is 0 Å². The van der Waals surface area contributed by atoms with Crippen LogP contribution in [0.25, 0.3) is 6.08 Å². The number of aromatic nitrogens is 1. The van der Waals surface area contributed by atoms with E-state index in [1.54, 1.807) is 18.5 Å². The summed E-state index contributed by atoms with van der Waals surface area (Å²) in [4.78, 5) is 22.4. The number of allylic oxidation sites excluding steroid dienone is 1. The lowest BCUT2D eigenvalue weighted by Gasteiger charge is -2.46. The molecule has 2 atom stereocenters. The first-order valence-electron chi connectivity index (χ1n) is 12.3. The third-order valence-corrected chi connectivity index (χ3v) is 7.69. The second-order valence-corrected chi connectivity index (χ2v) is 9.89. The maximum Gasteiger partial charge on any atom is 0.232 e. The average Bonchev–Trinajstić information content (AvgIpc) is 3.17. The number of hydrogen-bond donors (Lipinski definition) is 0. The summed E-state index contributed by atoms with van der Waals surface area (Å²) < 4.78 is 12.4. The monoisotopic (exact) mass is 445 g/mol. The number of fused-ring (bicyclic) bond motifs is 4. The predicted octanol–water partition coefficient (Wildman–Crippen LogP) is 4.42. The first-order chi connectivity index (χ1) is 16.2. The highest BCUT2D eigenvalue weighted by Gasteiger charge is 2.38. The molecule has 0 saturated carbocycles. The van der Waals surface area contributed by atoms with Gasteiger partial charge in [0, 0.05) is 31.5 Å². The summed E-state index contributed by atoms with van der Waals surface area (Å²) in [6.07, 6.45) is 11.8. The van der Waals surface area contributed by atoms with Crippen molar-refractivity contribution in [3.63, 3.8) is 0 Å². The van der Waals surface area contributed by atoms with E-state index < -0.39 is 0 Å². The summed E-state index contributed by atoms with van der Waals surface area (Å²) in [7, 11) is 0. The number of carbonyl (C=O) groups is 1. The molecule has 2 fully saturated rings. The molecule has 6 heteroatoms. The topological polar surface area (TPSA) is 54.9 Å². The molecule has 0 spiro atoms. The number of Topliss-reactive ketones (excluding diaryl/α,β-unsaturated/α-hetero) is 1. The van der Waals surface area contributed by atoms with Gasteiger partial charge in [-0.2, -0.15) is 0 Å². The van der Waals surface area contributed by atoms with Crippen LogP contribution in [0.3, 0.4) is 0 Å². The Morgan fingerprint density at radius 3 is 3.00 bits per heavy atom.